The number of carbonyl (C=O) groups excluding carboxylic acids is 1. The first-order valence-electron chi connectivity index (χ1n) is 13.3. The quantitative estimate of drug-likeness (QED) is 0.373. The second kappa shape index (κ2) is 9.37. The largest absolute Gasteiger partial charge is 0.483 e. The van der Waals surface area contributed by atoms with Gasteiger partial charge >= 0.3 is 17.5 Å². The van der Waals surface area contributed by atoms with Gasteiger partial charge in [-0.05, 0) is 75.2 Å². The average molecular weight is 546 g/mol. The van der Waals surface area contributed by atoms with E-state index < -0.39 is 29.1 Å². The summed E-state index contributed by atoms with van der Waals surface area (Å²) in [6.45, 7) is 7.12. The number of Topliss-reactive ketones (excluding diaryl/α,β-unsaturated/α-hetero) is 1. The number of aromatic nitrogens is 3. The molecule has 0 spiro atoms. The number of hydrogen-bond acceptors (Lipinski definition) is 6. The lowest BCUT2D eigenvalue weighted by Gasteiger charge is -2.42. The molecule has 3 aromatic rings. The van der Waals surface area contributed by atoms with E-state index in [2.05, 4.69) is 5.32 Å². The summed E-state index contributed by atoms with van der Waals surface area (Å²) in [7, 11) is 0. The second-order valence-electron chi connectivity index (χ2n) is 11.0. The predicted octanol–water partition coefficient (Wildman–Crippen LogP) is 2.55. The molecule has 0 saturated carbocycles. The van der Waals surface area contributed by atoms with Gasteiger partial charge in [0.05, 0.1) is 12.2 Å². The van der Waals surface area contributed by atoms with E-state index in [9.17, 15) is 24.3 Å². The van der Waals surface area contributed by atoms with Crippen LogP contribution in [0.4, 0.5) is 4.79 Å². The minimum absolute atomic E-state index is 0.101. The van der Waals surface area contributed by atoms with Crippen LogP contribution >= 0.6 is 0 Å². The number of amides is 1. The van der Waals surface area contributed by atoms with Gasteiger partial charge in [0, 0.05) is 30.3 Å². The summed E-state index contributed by atoms with van der Waals surface area (Å²) >= 11 is 0. The highest BCUT2D eigenvalue weighted by Crippen LogP contribution is 2.46. The molecule has 1 saturated heterocycles. The molecule has 2 atom stereocenters. The summed E-state index contributed by atoms with van der Waals surface area (Å²) < 4.78 is 10.4. The van der Waals surface area contributed by atoms with Crippen LogP contribution in [0, 0.1) is 0 Å². The van der Waals surface area contributed by atoms with Crippen LogP contribution in [-0.2, 0) is 13.1 Å². The van der Waals surface area contributed by atoms with Gasteiger partial charge < -0.3 is 15.2 Å². The minimum Gasteiger partial charge on any atom is -0.483 e. The Morgan fingerprint density at radius 3 is 2.52 bits per heavy atom. The van der Waals surface area contributed by atoms with Crippen LogP contribution in [0.25, 0.3) is 5.69 Å². The first-order valence-corrected chi connectivity index (χ1v) is 13.3. The zero-order chi connectivity index (χ0) is 28.3. The number of rotatable bonds is 5. The smallest absolute Gasteiger partial charge is 0.407 e. The summed E-state index contributed by atoms with van der Waals surface area (Å²) in [5.41, 5.74) is 1.50. The highest BCUT2D eigenvalue weighted by Gasteiger charge is 2.44. The maximum Gasteiger partial charge on any atom is 0.407 e. The lowest BCUT2D eigenvalue weighted by Crippen LogP contribution is -2.46. The highest BCUT2D eigenvalue weighted by molar-refractivity contribution is 5.94. The maximum atomic E-state index is 13.9. The van der Waals surface area contributed by atoms with Crippen molar-refractivity contribution in [2.24, 2.45) is 0 Å². The van der Waals surface area contributed by atoms with Crippen LogP contribution in [0.2, 0.25) is 0 Å². The Labute approximate surface area is 229 Å². The Bertz CT molecular complexity index is 1670. The van der Waals surface area contributed by atoms with E-state index in [1.165, 1.54) is 21.2 Å². The van der Waals surface area contributed by atoms with E-state index in [1.54, 1.807) is 24.3 Å². The van der Waals surface area contributed by atoms with Gasteiger partial charge in [0.25, 0.3) is 0 Å². The van der Waals surface area contributed by atoms with E-state index in [-0.39, 0.29) is 24.9 Å². The number of ether oxygens (including phenoxy) is 1. The number of nitrogens with one attached hydrogen (secondary N) is 1. The number of nitrogens with zero attached hydrogens (tertiary/aromatic N) is 4. The molecular formula is C29H31N5O6. The number of allylic oxidation sites excluding steroid dienone is 1. The van der Waals surface area contributed by atoms with Crippen molar-refractivity contribution in [3.8, 4) is 11.4 Å². The van der Waals surface area contributed by atoms with Crippen LogP contribution in [-0.4, -0.2) is 60.5 Å². The van der Waals surface area contributed by atoms with Gasteiger partial charge in [-0.15, -0.1) is 0 Å². The Morgan fingerprint density at radius 2 is 1.88 bits per heavy atom. The number of hydrogen-bond donors (Lipinski definition) is 2. The van der Waals surface area contributed by atoms with Gasteiger partial charge in [-0.3, -0.25) is 9.69 Å². The molecule has 208 valence electrons. The van der Waals surface area contributed by atoms with Crippen molar-refractivity contribution in [2.45, 2.75) is 58.0 Å². The molecule has 3 aliphatic heterocycles. The SMILES string of the molecule is CC(=O)c1ccc(-n2c(=O)n3n(c2=O)C2C(=CC3)C(C)(C)Oc3cc(CN(C(=O)O)C4CCNC4)ccc32)cc1. The van der Waals surface area contributed by atoms with Crippen molar-refractivity contribution in [3.05, 3.63) is 91.8 Å². The Kier molecular flexibility index (Phi) is 6.06. The van der Waals surface area contributed by atoms with Crippen molar-refractivity contribution in [2.75, 3.05) is 13.1 Å². The number of benzene rings is 2. The Balaban J connectivity index is 1.43. The van der Waals surface area contributed by atoms with Crippen LogP contribution in [0.1, 0.15) is 54.7 Å². The fourth-order valence-corrected chi connectivity index (χ4v) is 6.06. The second-order valence-corrected chi connectivity index (χ2v) is 11.0. The summed E-state index contributed by atoms with van der Waals surface area (Å²) in [4.78, 5) is 52.5. The van der Waals surface area contributed by atoms with Gasteiger partial charge in [-0.2, -0.15) is 0 Å². The summed E-state index contributed by atoms with van der Waals surface area (Å²) in [6.07, 6.45) is 1.72. The van der Waals surface area contributed by atoms with Crippen LogP contribution in [0.15, 0.2) is 63.7 Å². The first kappa shape index (κ1) is 25.9. The van der Waals surface area contributed by atoms with Crippen molar-refractivity contribution < 1.29 is 19.4 Å². The van der Waals surface area contributed by atoms with Gasteiger partial charge in [-0.1, -0.05) is 18.2 Å². The average Bonchev–Trinajstić information content (AvgIpc) is 3.53. The molecular weight excluding hydrogens is 514 g/mol. The first-order chi connectivity index (χ1) is 19.1. The van der Waals surface area contributed by atoms with Crippen molar-refractivity contribution >= 4 is 11.9 Å². The normalized spacial score (nSPS) is 20.5. The zero-order valence-corrected chi connectivity index (χ0v) is 22.6. The Morgan fingerprint density at radius 1 is 1.12 bits per heavy atom. The topological polar surface area (TPSA) is 128 Å². The van der Waals surface area contributed by atoms with Crippen LogP contribution < -0.4 is 21.4 Å². The number of fused-ring (bicyclic) bond motifs is 5. The lowest BCUT2D eigenvalue weighted by atomic mass is 9.82. The van der Waals surface area contributed by atoms with Crippen LogP contribution in [0.3, 0.4) is 0 Å². The fourth-order valence-electron chi connectivity index (χ4n) is 6.06. The summed E-state index contributed by atoms with van der Waals surface area (Å²) in [5, 5.41) is 13.1. The van der Waals surface area contributed by atoms with E-state index in [0.29, 0.717) is 23.5 Å². The van der Waals surface area contributed by atoms with E-state index in [1.807, 2.05) is 38.1 Å². The number of carbonyl (C=O) groups is 2. The molecule has 2 N–H and O–H groups in total. The molecule has 1 fully saturated rings. The van der Waals surface area contributed by atoms with Gasteiger partial charge in [0.1, 0.15) is 17.4 Å². The third-order valence-corrected chi connectivity index (χ3v) is 8.12. The molecule has 0 aliphatic carbocycles. The Hall–Kier alpha value is -4.38. The standard InChI is InChI=1S/C29H31N5O6/c1-17(35)19-5-7-20(8-6-19)33-26(36)32-13-11-23-25(34(32)27(33)37)22-9-4-18(14-24(22)40-29(23,2)3)16-31(28(38)39)21-10-12-30-15-21/h4-9,11,14,21,25,30H,10,12-13,15-16H2,1-3H3,(H,38,39). The third kappa shape index (κ3) is 4.08. The maximum absolute atomic E-state index is 13.9. The molecule has 2 aromatic carbocycles. The summed E-state index contributed by atoms with van der Waals surface area (Å²) in [6, 6.07) is 11.3. The van der Waals surface area contributed by atoms with Crippen molar-refractivity contribution in [1.29, 1.82) is 0 Å². The molecule has 11 heteroatoms. The van der Waals surface area contributed by atoms with Crippen molar-refractivity contribution in [3.63, 3.8) is 0 Å². The number of carboxylic acid groups (broad SMARTS) is 1. The summed E-state index contributed by atoms with van der Waals surface area (Å²) in [5.74, 6) is 0.443. The van der Waals surface area contributed by atoms with E-state index >= 15 is 0 Å². The fraction of sp³-hybridized carbons (Fsp3) is 0.379. The lowest BCUT2D eigenvalue weighted by molar-refractivity contribution is 0.101. The highest BCUT2D eigenvalue weighted by atomic mass is 16.5. The molecule has 6 rings (SSSR count). The molecule has 1 amide bonds. The minimum atomic E-state index is -0.974. The molecule has 40 heavy (non-hydrogen) atoms. The molecule has 2 unspecified atom stereocenters. The van der Waals surface area contributed by atoms with E-state index in [0.717, 1.165) is 34.2 Å². The van der Waals surface area contributed by atoms with E-state index in [4.69, 9.17) is 4.74 Å². The van der Waals surface area contributed by atoms with Gasteiger partial charge in [0.2, 0.25) is 0 Å². The predicted molar refractivity (Wildman–Crippen MR) is 147 cm³/mol. The molecule has 3 aliphatic rings. The number of ketones is 1. The molecule has 1 aromatic heterocycles. The monoisotopic (exact) mass is 545 g/mol. The third-order valence-electron chi connectivity index (χ3n) is 8.12. The zero-order valence-electron chi connectivity index (χ0n) is 22.6. The molecule has 11 nitrogen and oxygen atoms in total. The van der Waals surface area contributed by atoms with Gasteiger partial charge in [-0.25, -0.2) is 28.3 Å². The molecule has 0 bridgehead atoms. The van der Waals surface area contributed by atoms with Gasteiger partial charge in [0.15, 0.2) is 5.78 Å². The van der Waals surface area contributed by atoms with Crippen LogP contribution in [0.5, 0.6) is 5.75 Å². The molecule has 4 heterocycles. The van der Waals surface area contributed by atoms with Crippen molar-refractivity contribution in [1.82, 2.24) is 24.1 Å². The molecule has 0 radical (unpaired) electrons.